The lowest BCUT2D eigenvalue weighted by Crippen LogP contribution is -2.17. The third kappa shape index (κ3) is 13.4. The average Bonchev–Trinajstić information content (AvgIpc) is 2.54. The number of hydrogen-bond acceptors (Lipinski definition) is 2. The molecule has 0 radical (unpaired) electrons. The van der Waals surface area contributed by atoms with Gasteiger partial charge in [-0.3, -0.25) is 23.5 Å². The van der Waals surface area contributed by atoms with Gasteiger partial charge in [0.05, 0.1) is 6.61 Å². The second kappa shape index (κ2) is 20.5. The minimum Gasteiger partial charge on any atom is -0.310 e. The standard InChI is InChI=1S/C19H30OS.5FH/c1-2-3-4-6-9-17-12-14-18(15-13-17)16-20-21-19-10-7-5-8-11-19;;;;;/h5,7-8,10-11,17-18H,2-4,6,9,12-16H2,1H3;5*1H. The second-order valence-electron chi connectivity index (χ2n) is 6.42. The molecule has 158 valence electrons. The van der Waals surface area contributed by atoms with Crippen molar-refractivity contribution in [3.05, 3.63) is 30.3 Å². The largest absolute Gasteiger partial charge is 0.310 e. The zero-order valence-electron chi connectivity index (χ0n) is 15.5. The van der Waals surface area contributed by atoms with Crippen molar-refractivity contribution in [1.82, 2.24) is 0 Å². The molecular weight excluding hydrogens is 371 g/mol. The summed E-state index contributed by atoms with van der Waals surface area (Å²) < 4.78 is 5.82. The smallest absolute Gasteiger partial charge is 0.0646 e. The summed E-state index contributed by atoms with van der Waals surface area (Å²) in [7, 11) is 0. The van der Waals surface area contributed by atoms with Crippen LogP contribution in [0.4, 0.5) is 23.5 Å². The normalized spacial score (nSPS) is 18.0. The number of rotatable bonds is 9. The van der Waals surface area contributed by atoms with Crippen LogP contribution >= 0.6 is 12.0 Å². The fourth-order valence-corrected chi connectivity index (χ4v) is 3.89. The number of unbranched alkanes of at least 4 members (excludes halogenated alkanes) is 3. The molecule has 1 nitrogen and oxygen atoms in total. The van der Waals surface area contributed by atoms with Gasteiger partial charge in [-0.1, -0.05) is 70.1 Å². The molecule has 7 heteroatoms. The Bertz CT molecular complexity index is 375. The van der Waals surface area contributed by atoms with Crippen molar-refractivity contribution in [2.75, 3.05) is 6.61 Å². The Morgan fingerprint density at radius 1 is 0.808 bits per heavy atom. The molecule has 0 amide bonds. The average molecular weight is 407 g/mol. The van der Waals surface area contributed by atoms with E-state index in [-0.39, 0.29) is 23.5 Å². The molecule has 2 rings (SSSR count). The molecular formula is C19H35F5OS. The van der Waals surface area contributed by atoms with Gasteiger partial charge in [0.25, 0.3) is 0 Å². The van der Waals surface area contributed by atoms with E-state index in [1.807, 2.05) is 6.07 Å². The monoisotopic (exact) mass is 406 g/mol. The van der Waals surface area contributed by atoms with Crippen molar-refractivity contribution < 1.29 is 27.7 Å². The van der Waals surface area contributed by atoms with Gasteiger partial charge in [-0.2, -0.15) is 0 Å². The SMILES string of the molecule is CCCCCCC1CCC(COSc2ccccc2)CC1.F.F.F.F.F. The first-order valence-electron chi connectivity index (χ1n) is 8.73. The van der Waals surface area contributed by atoms with Crippen molar-refractivity contribution in [3.63, 3.8) is 0 Å². The van der Waals surface area contributed by atoms with Crippen LogP contribution in [-0.4, -0.2) is 6.61 Å². The van der Waals surface area contributed by atoms with Gasteiger partial charge in [0.1, 0.15) is 0 Å². The van der Waals surface area contributed by atoms with Crippen LogP contribution in [0.5, 0.6) is 0 Å². The Morgan fingerprint density at radius 3 is 1.96 bits per heavy atom. The summed E-state index contributed by atoms with van der Waals surface area (Å²) in [6.07, 6.45) is 12.7. The molecule has 26 heavy (non-hydrogen) atoms. The van der Waals surface area contributed by atoms with Crippen LogP contribution in [0, 0.1) is 11.8 Å². The van der Waals surface area contributed by atoms with Gasteiger partial charge in [0.2, 0.25) is 0 Å². The quantitative estimate of drug-likeness (QED) is 0.243. The summed E-state index contributed by atoms with van der Waals surface area (Å²) in [6.45, 7) is 3.21. The van der Waals surface area contributed by atoms with Crippen LogP contribution in [0.25, 0.3) is 0 Å². The molecule has 0 saturated heterocycles. The van der Waals surface area contributed by atoms with Gasteiger partial charge < -0.3 is 4.18 Å². The Hall–Kier alpha value is -0.820. The molecule has 1 aromatic carbocycles. The molecule has 0 spiro atoms. The molecule has 0 unspecified atom stereocenters. The van der Waals surface area contributed by atoms with Crippen molar-refractivity contribution in [2.45, 2.75) is 69.6 Å². The maximum atomic E-state index is 5.82. The van der Waals surface area contributed by atoms with Crippen molar-refractivity contribution in [2.24, 2.45) is 11.8 Å². The van der Waals surface area contributed by atoms with Crippen molar-refractivity contribution >= 4 is 12.0 Å². The van der Waals surface area contributed by atoms with Crippen LogP contribution in [0.3, 0.4) is 0 Å². The van der Waals surface area contributed by atoms with Gasteiger partial charge in [0, 0.05) is 16.9 Å². The van der Waals surface area contributed by atoms with E-state index in [9.17, 15) is 0 Å². The summed E-state index contributed by atoms with van der Waals surface area (Å²) in [5.41, 5.74) is 0. The first-order chi connectivity index (χ1) is 10.4. The van der Waals surface area contributed by atoms with Gasteiger partial charge in [-0.25, -0.2) is 0 Å². The predicted octanol–water partition coefficient (Wildman–Crippen LogP) is 7.25. The van der Waals surface area contributed by atoms with Crippen molar-refractivity contribution in [3.8, 4) is 0 Å². The Balaban J connectivity index is -0.000000484. The van der Waals surface area contributed by atoms with E-state index in [1.165, 1.54) is 74.7 Å². The van der Waals surface area contributed by atoms with E-state index in [1.54, 1.807) is 0 Å². The molecule has 1 aromatic rings. The molecule has 0 atom stereocenters. The van der Waals surface area contributed by atoms with E-state index < -0.39 is 0 Å². The van der Waals surface area contributed by atoms with E-state index in [2.05, 4.69) is 31.2 Å². The first kappa shape index (κ1) is 32.8. The first-order valence-corrected chi connectivity index (χ1v) is 9.47. The van der Waals surface area contributed by atoms with Crippen LogP contribution in [0.1, 0.15) is 64.7 Å². The third-order valence-electron chi connectivity index (χ3n) is 4.63. The highest BCUT2D eigenvalue weighted by atomic mass is 32.2. The van der Waals surface area contributed by atoms with Crippen LogP contribution < -0.4 is 0 Å². The van der Waals surface area contributed by atoms with Crippen LogP contribution in [0.2, 0.25) is 0 Å². The van der Waals surface area contributed by atoms with E-state index >= 15 is 0 Å². The van der Waals surface area contributed by atoms with E-state index in [0.29, 0.717) is 0 Å². The highest BCUT2D eigenvalue weighted by Crippen LogP contribution is 2.33. The highest BCUT2D eigenvalue weighted by molar-refractivity contribution is 7.94. The molecule has 0 aliphatic heterocycles. The summed E-state index contributed by atoms with van der Waals surface area (Å²) in [5, 5.41) is 0. The van der Waals surface area contributed by atoms with E-state index in [4.69, 9.17) is 4.18 Å². The summed E-state index contributed by atoms with van der Waals surface area (Å²) >= 11 is 1.53. The molecule has 0 N–H and O–H groups in total. The molecule has 1 aliphatic carbocycles. The summed E-state index contributed by atoms with van der Waals surface area (Å²) in [5.74, 6) is 1.79. The van der Waals surface area contributed by atoms with Crippen molar-refractivity contribution in [1.29, 1.82) is 0 Å². The number of hydrogen-bond donors (Lipinski definition) is 0. The van der Waals surface area contributed by atoms with Gasteiger partial charge in [-0.05, 0) is 36.8 Å². The predicted molar refractivity (Wildman–Crippen MR) is 105 cm³/mol. The summed E-state index contributed by atoms with van der Waals surface area (Å²) in [4.78, 5) is 1.21. The molecule has 0 bridgehead atoms. The third-order valence-corrected chi connectivity index (χ3v) is 5.35. The van der Waals surface area contributed by atoms with Gasteiger partial charge in [0.15, 0.2) is 0 Å². The lowest BCUT2D eigenvalue weighted by atomic mass is 9.80. The molecule has 1 saturated carbocycles. The van der Waals surface area contributed by atoms with Gasteiger partial charge >= 0.3 is 0 Å². The topological polar surface area (TPSA) is 9.23 Å². The molecule has 1 fully saturated rings. The second-order valence-corrected chi connectivity index (χ2v) is 7.29. The maximum absolute atomic E-state index is 5.82. The van der Waals surface area contributed by atoms with Crippen LogP contribution in [-0.2, 0) is 4.18 Å². The molecule has 0 aromatic heterocycles. The Labute approximate surface area is 158 Å². The lowest BCUT2D eigenvalue weighted by molar-refractivity contribution is 0.194. The maximum Gasteiger partial charge on any atom is 0.0646 e. The van der Waals surface area contributed by atoms with Crippen LogP contribution in [0.15, 0.2) is 35.2 Å². The minimum absolute atomic E-state index is 0. The fourth-order valence-electron chi connectivity index (χ4n) is 3.22. The van der Waals surface area contributed by atoms with Gasteiger partial charge in [-0.15, -0.1) is 0 Å². The Morgan fingerprint density at radius 2 is 1.38 bits per heavy atom. The highest BCUT2D eigenvalue weighted by Gasteiger charge is 2.21. The Kier molecular flexibility index (Phi) is 25.9. The lowest BCUT2D eigenvalue weighted by Gasteiger charge is -2.28. The summed E-state index contributed by atoms with van der Waals surface area (Å²) in [6, 6.07) is 10.4. The zero-order chi connectivity index (χ0) is 14.8. The molecule has 1 aliphatic rings. The minimum atomic E-state index is 0. The van der Waals surface area contributed by atoms with E-state index in [0.717, 1.165) is 18.4 Å². The zero-order valence-corrected chi connectivity index (χ0v) is 16.3. The number of halogens is 5. The fraction of sp³-hybridized carbons (Fsp3) is 0.684. The molecule has 0 heterocycles. The number of benzene rings is 1.